The van der Waals surface area contributed by atoms with Crippen molar-refractivity contribution in [3.63, 3.8) is 0 Å². The van der Waals surface area contributed by atoms with Gasteiger partial charge in [-0.25, -0.2) is 0 Å². The van der Waals surface area contributed by atoms with Crippen molar-refractivity contribution >= 4 is 27.7 Å². The summed E-state index contributed by atoms with van der Waals surface area (Å²) in [6.45, 7) is 1.82. The first-order valence-corrected chi connectivity index (χ1v) is 8.23. The maximum absolute atomic E-state index is 12.3. The van der Waals surface area contributed by atoms with E-state index in [0.29, 0.717) is 31.7 Å². The Morgan fingerprint density at radius 1 is 1.32 bits per heavy atom. The van der Waals surface area contributed by atoms with Crippen molar-refractivity contribution in [2.45, 2.75) is 25.3 Å². The maximum Gasteiger partial charge on any atom is 0.252 e. The summed E-state index contributed by atoms with van der Waals surface area (Å²) in [6, 6.07) is 7.49. The number of hydrogen-bond donors (Lipinski definition) is 1. The Bertz CT molecular complexity index is 528. The molecule has 1 aliphatic heterocycles. The van der Waals surface area contributed by atoms with Crippen LogP contribution in [-0.2, 0) is 9.53 Å². The molecule has 6 heteroatoms. The first-order valence-electron chi connectivity index (χ1n) is 7.44. The predicted octanol–water partition coefficient (Wildman–Crippen LogP) is 2.21. The number of rotatable bonds is 5. The number of ether oxygens (including phenoxy) is 1. The van der Waals surface area contributed by atoms with Gasteiger partial charge in [0.2, 0.25) is 5.91 Å². The normalized spacial score (nSPS) is 15.6. The molecule has 0 atom stereocenters. The third-order valence-electron chi connectivity index (χ3n) is 3.82. The van der Waals surface area contributed by atoms with Crippen LogP contribution < -0.4 is 5.32 Å². The number of halogens is 1. The molecule has 0 radical (unpaired) electrons. The number of nitrogens with one attached hydrogen (secondary N) is 1. The fraction of sp³-hybridized carbons (Fsp3) is 0.500. The largest absolute Gasteiger partial charge is 0.384 e. The molecule has 1 aromatic rings. The van der Waals surface area contributed by atoms with Gasteiger partial charge in [0, 0.05) is 30.7 Å². The van der Waals surface area contributed by atoms with E-state index in [0.717, 1.165) is 17.3 Å². The fourth-order valence-corrected chi connectivity index (χ4v) is 2.99. The standard InChI is InChI=1S/C16H21BrN2O3/c1-22-11-8-15(20)19-9-6-12(7-10-19)18-16(21)13-4-2-3-5-14(13)17/h2-5,12H,6-11H2,1H3,(H,18,21). The minimum absolute atomic E-state index is 0.0726. The highest BCUT2D eigenvalue weighted by Crippen LogP contribution is 2.17. The van der Waals surface area contributed by atoms with Gasteiger partial charge in [-0.15, -0.1) is 0 Å². The number of carbonyl (C=O) groups is 2. The number of likely N-dealkylation sites (tertiary alicyclic amines) is 1. The van der Waals surface area contributed by atoms with E-state index in [1.165, 1.54) is 0 Å². The van der Waals surface area contributed by atoms with Crippen LogP contribution in [0.25, 0.3) is 0 Å². The van der Waals surface area contributed by atoms with E-state index in [1.54, 1.807) is 13.2 Å². The fourth-order valence-electron chi connectivity index (χ4n) is 2.53. The number of methoxy groups -OCH3 is 1. The quantitative estimate of drug-likeness (QED) is 0.866. The Balaban J connectivity index is 1.81. The molecule has 1 heterocycles. The van der Waals surface area contributed by atoms with Crippen LogP contribution in [0.1, 0.15) is 29.6 Å². The van der Waals surface area contributed by atoms with Crippen LogP contribution in [0.15, 0.2) is 28.7 Å². The third-order valence-corrected chi connectivity index (χ3v) is 4.51. The van der Waals surface area contributed by atoms with Gasteiger partial charge in [-0.1, -0.05) is 12.1 Å². The van der Waals surface area contributed by atoms with Crippen molar-refractivity contribution < 1.29 is 14.3 Å². The molecule has 0 aromatic heterocycles. The van der Waals surface area contributed by atoms with E-state index in [4.69, 9.17) is 4.74 Å². The first-order chi connectivity index (χ1) is 10.6. The lowest BCUT2D eigenvalue weighted by Gasteiger charge is -2.32. The summed E-state index contributed by atoms with van der Waals surface area (Å²) in [5.41, 5.74) is 0.640. The van der Waals surface area contributed by atoms with Crippen LogP contribution in [0.5, 0.6) is 0 Å². The summed E-state index contributed by atoms with van der Waals surface area (Å²) in [5.74, 6) is 0.0501. The summed E-state index contributed by atoms with van der Waals surface area (Å²) in [7, 11) is 1.59. The van der Waals surface area contributed by atoms with Gasteiger partial charge in [-0.2, -0.15) is 0 Å². The minimum atomic E-state index is -0.0726. The SMILES string of the molecule is COCCC(=O)N1CCC(NC(=O)c2ccccc2Br)CC1. The third kappa shape index (κ3) is 4.55. The first kappa shape index (κ1) is 17.0. The molecule has 5 nitrogen and oxygen atoms in total. The van der Waals surface area contributed by atoms with Crippen molar-refractivity contribution in [1.29, 1.82) is 0 Å². The van der Waals surface area contributed by atoms with Crippen molar-refractivity contribution in [2.75, 3.05) is 26.8 Å². The monoisotopic (exact) mass is 368 g/mol. The lowest BCUT2D eigenvalue weighted by molar-refractivity contribution is -0.133. The Morgan fingerprint density at radius 3 is 2.64 bits per heavy atom. The van der Waals surface area contributed by atoms with Gasteiger partial charge in [0.05, 0.1) is 18.6 Å². The summed E-state index contributed by atoms with van der Waals surface area (Å²) in [5, 5.41) is 3.05. The molecule has 0 spiro atoms. The number of nitrogens with zero attached hydrogens (tertiary/aromatic N) is 1. The number of hydrogen-bond acceptors (Lipinski definition) is 3. The Kier molecular flexibility index (Phi) is 6.39. The van der Waals surface area contributed by atoms with Crippen LogP contribution >= 0.6 is 15.9 Å². The van der Waals surface area contributed by atoms with Gasteiger partial charge >= 0.3 is 0 Å². The molecular weight excluding hydrogens is 348 g/mol. The number of piperidine rings is 1. The van der Waals surface area contributed by atoms with Crippen LogP contribution in [0.2, 0.25) is 0 Å². The zero-order chi connectivity index (χ0) is 15.9. The number of amides is 2. The molecule has 0 unspecified atom stereocenters. The minimum Gasteiger partial charge on any atom is -0.384 e. The highest BCUT2D eigenvalue weighted by Gasteiger charge is 2.24. The van der Waals surface area contributed by atoms with E-state index in [1.807, 2.05) is 23.1 Å². The van der Waals surface area contributed by atoms with Gasteiger partial charge in [0.15, 0.2) is 0 Å². The summed E-state index contributed by atoms with van der Waals surface area (Å²) < 4.78 is 5.72. The average molecular weight is 369 g/mol. The van der Waals surface area contributed by atoms with Gasteiger partial charge in [-0.3, -0.25) is 9.59 Å². The summed E-state index contributed by atoms with van der Waals surface area (Å²) >= 11 is 3.39. The molecule has 1 fully saturated rings. The van der Waals surface area contributed by atoms with E-state index in [2.05, 4.69) is 21.2 Å². The topological polar surface area (TPSA) is 58.6 Å². The summed E-state index contributed by atoms with van der Waals surface area (Å²) in [6.07, 6.45) is 1.99. The van der Waals surface area contributed by atoms with Crippen LogP contribution in [-0.4, -0.2) is 49.6 Å². The van der Waals surface area contributed by atoms with Crippen molar-refractivity contribution in [3.05, 3.63) is 34.3 Å². The van der Waals surface area contributed by atoms with E-state index >= 15 is 0 Å². The van der Waals surface area contributed by atoms with Gasteiger partial charge < -0.3 is 15.0 Å². The molecule has 0 saturated carbocycles. The predicted molar refractivity (Wildman–Crippen MR) is 87.7 cm³/mol. The molecule has 0 bridgehead atoms. The average Bonchev–Trinajstić information content (AvgIpc) is 2.53. The molecular formula is C16H21BrN2O3. The smallest absolute Gasteiger partial charge is 0.252 e. The highest BCUT2D eigenvalue weighted by molar-refractivity contribution is 9.10. The van der Waals surface area contributed by atoms with Gasteiger partial charge in [-0.05, 0) is 40.9 Å². The molecule has 2 rings (SSSR count). The zero-order valence-corrected chi connectivity index (χ0v) is 14.3. The van der Waals surface area contributed by atoms with E-state index in [9.17, 15) is 9.59 Å². The van der Waals surface area contributed by atoms with Crippen LogP contribution in [0.4, 0.5) is 0 Å². The van der Waals surface area contributed by atoms with Crippen LogP contribution in [0.3, 0.4) is 0 Å². The Hall–Kier alpha value is -1.40. The van der Waals surface area contributed by atoms with E-state index < -0.39 is 0 Å². The second-order valence-electron chi connectivity index (χ2n) is 5.35. The second-order valence-corrected chi connectivity index (χ2v) is 6.21. The Morgan fingerprint density at radius 2 is 2.00 bits per heavy atom. The zero-order valence-electron chi connectivity index (χ0n) is 12.7. The van der Waals surface area contributed by atoms with Gasteiger partial charge in [0.25, 0.3) is 5.91 Å². The number of carbonyl (C=O) groups excluding carboxylic acids is 2. The molecule has 0 aliphatic carbocycles. The molecule has 1 aliphatic rings. The molecule has 2 amide bonds. The van der Waals surface area contributed by atoms with Crippen molar-refractivity contribution in [3.8, 4) is 0 Å². The van der Waals surface area contributed by atoms with Crippen molar-refractivity contribution in [1.82, 2.24) is 10.2 Å². The van der Waals surface area contributed by atoms with E-state index in [-0.39, 0.29) is 17.9 Å². The molecule has 1 N–H and O–H groups in total. The summed E-state index contributed by atoms with van der Waals surface area (Å²) in [4.78, 5) is 26.0. The molecule has 120 valence electrons. The van der Waals surface area contributed by atoms with Crippen LogP contribution in [0, 0.1) is 0 Å². The number of benzene rings is 1. The lowest BCUT2D eigenvalue weighted by Crippen LogP contribution is -2.46. The highest BCUT2D eigenvalue weighted by atomic mass is 79.9. The molecule has 1 saturated heterocycles. The Labute approximate surface area is 139 Å². The maximum atomic E-state index is 12.3. The lowest BCUT2D eigenvalue weighted by atomic mass is 10.0. The van der Waals surface area contributed by atoms with Gasteiger partial charge in [0.1, 0.15) is 0 Å². The second kappa shape index (κ2) is 8.29. The molecule has 1 aromatic carbocycles. The molecule has 22 heavy (non-hydrogen) atoms. The van der Waals surface area contributed by atoms with Crippen molar-refractivity contribution in [2.24, 2.45) is 0 Å².